The van der Waals surface area contributed by atoms with Gasteiger partial charge in [0.05, 0.1) is 31.0 Å². The van der Waals surface area contributed by atoms with Crippen LogP contribution < -0.4 is 14.8 Å². The van der Waals surface area contributed by atoms with Crippen molar-refractivity contribution in [1.82, 2.24) is 15.3 Å². The number of aromatic nitrogens is 2. The monoisotopic (exact) mass is 477 g/mol. The summed E-state index contributed by atoms with van der Waals surface area (Å²) in [6.07, 6.45) is 3.42. The minimum Gasteiger partial charge on any atom is -0.493 e. The van der Waals surface area contributed by atoms with E-state index in [4.69, 9.17) is 14.5 Å². The molecule has 1 amide bonds. The van der Waals surface area contributed by atoms with E-state index < -0.39 is 0 Å². The van der Waals surface area contributed by atoms with Crippen LogP contribution >= 0.6 is 15.9 Å². The number of pyridine rings is 2. The van der Waals surface area contributed by atoms with Gasteiger partial charge in [0.2, 0.25) is 0 Å². The van der Waals surface area contributed by atoms with Crippen LogP contribution in [0.1, 0.15) is 15.9 Å². The van der Waals surface area contributed by atoms with E-state index in [2.05, 4.69) is 26.2 Å². The van der Waals surface area contributed by atoms with Crippen molar-refractivity contribution in [2.24, 2.45) is 0 Å². The maximum absolute atomic E-state index is 13.2. The average molecular weight is 478 g/mol. The van der Waals surface area contributed by atoms with Crippen molar-refractivity contribution < 1.29 is 14.3 Å². The number of hydrogen-bond donors (Lipinski definition) is 1. The summed E-state index contributed by atoms with van der Waals surface area (Å²) in [7, 11) is 3.17. The molecule has 0 unspecified atom stereocenters. The topological polar surface area (TPSA) is 73.3 Å². The van der Waals surface area contributed by atoms with E-state index in [0.717, 1.165) is 32.2 Å². The average Bonchev–Trinajstić information content (AvgIpc) is 2.82. The van der Waals surface area contributed by atoms with E-state index in [1.165, 1.54) is 0 Å². The molecule has 156 valence electrons. The molecule has 0 spiro atoms. The Labute approximate surface area is 188 Å². The quantitative estimate of drug-likeness (QED) is 0.422. The van der Waals surface area contributed by atoms with E-state index in [1.54, 1.807) is 26.6 Å². The molecule has 0 saturated carbocycles. The highest BCUT2D eigenvalue weighted by Crippen LogP contribution is 2.33. The van der Waals surface area contributed by atoms with Gasteiger partial charge in [-0.2, -0.15) is 0 Å². The highest BCUT2D eigenvalue weighted by Gasteiger charge is 2.15. The zero-order valence-corrected chi connectivity index (χ0v) is 18.6. The predicted octanol–water partition coefficient (Wildman–Crippen LogP) is 5.01. The van der Waals surface area contributed by atoms with Crippen molar-refractivity contribution >= 4 is 32.7 Å². The number of rotatable bonds is 6. The van der Waals surface area contributed by atoms with Crippen LogP contribution in [0.15, 0.2) is 71.5 Å². The second kappa shape index (κ2) is 9.14. The summed E-state index contributed by atoms with van der Waals surface area (Å²) < 4.78 is 11.5. The van der Waals surface area contributed by atoms with Gasteiger partial charge in [-0.05, 0) is 42.0 Å². The van der Waals surface area contributed by atoms with E-state index in [9.17, 15) is 4.79 Å². The largest absolute Gasteiger partial charge is 0.493 e. The molecule has 4 rings (SSSR count). The molecule has 2 heterocycles. The standard InChI is InChI=1S/C24H20BrN3O3/c1-30-22-11-16(19(25)13-23(22)31-2)14-27-24(29)18-12-21(15-7-9-26-10-8-15)28-20-6-4-3-5-17(18)20/h3-13H,14H2,1-2H3,(H,27,29). The molecule has 4 aromatic rings. The Kier molecular flexibility index (Phi) is 6.13. The fourth-order valence-corrected chi connectivity index (χ4v) is 3.80. The SMILES string of the molecule is COc1cc(Br)c(CNC(=O)c2cc(-c3ccncc3)nc3ccccc23)cc1OC. The molecule has 0 aliphatic heterocycles. The third kappa shape index (κ3) is 4.36. The molecule has 1 N–H and O–H groups in total. The summed E-state index contributed by atoms with van der Waals surface area (Å²) in [6, 6.07) is 16.9. The van der Waals surface area contributed by atoms with Gasteiger partial charge >= 0.3 is 0 Å². The zero-order chi connectivity index (χ0) is 21.8. The fourth-order valence-electron chi connectivity index (χ4n) is 3.34. The van der Waals surface area contributed by atoms with Gasteiger partial charge in [0, 0.05) is 34.4 Å². The molecule has 2 aromatic carbocycles. The summed E-state index contributed by atoms with van der Waals surface area (Å²) in [5, 5.41) is 3.81. The molecular weight excluding hydrogens is 458 g/mol. The van der Waals surface area contributed by atoms with Gasteiger partial charge in [0.1, 0.15) is 0 Å². The Morgan fingerprint density at radius 3 is 2.45 bits per heavy atom. The molecule has 7 heteroatoms. The van der Waals surface area contributed by atoms with Crippen molar-refractivity contribution in [3.05, 3.63) is 82.6 Å². The van der Waals surface area contributed by atoms with Crippen molar-refractivity contribution in [1.29, 1.82) is 0 Å². The first-order valence-corrected chi connectivity index (χ1v) is 10.4. The maximum Gasteiger partial charge on any atom is 0.252 e. The summed E-state index contributed by atoms with van der Waals surface area (Å²) in [5.41, 5.74) is 3.82. The molecule has 0 saturated heterocycles. The second-order valence-corrected chi connectivity index (χ2v) is 7.64. The number of fused-ring (bicyclic) bond motifs is 1. The number of nitrogens with zero attached hydrogens (tertiary/aromatic N) is 2. The number of para-hydroxylation sites is 1. The molecule has 0 atom stereocenters. The van der Waals surface area contributed by atoms with Crippen LogP contribution in [0.4, 0.5) is 0 Å². The summed E-state index contributed by atoms with van der Waals surface area (Å²) in [6.45, 7) is 0.320. The lowest BCUT2D eigenvalue weighted by atomic mass is 10.0. The highest BCUT2D eigenvalue weighted by molar-refractivity contribution is 9.10. The Morgan fingerprint density at radius 2 is 1.71 bits per heavy atom. The number of amides is 1. The molecule has 31 heavy (non-hydrogen) atoms. The molecule has 2 aromatic heterocycles. The number of benzene rings is 2. The number of nitrogens with one attached hydrogen (secondary N) is 1. The molecule has 0 fully saturated rings. The van der Waals surface area contributed by atoms with Crippen LogP contribution in [0.2, 0.25) is 0 Å². The van der Waals surface area contributed by atoms with Crippen molar-refractivity contribution in [3.8, 4) is 22.8 Å². The third-order valence-corrected chi connectivity index (χ3v) is 5.67. The van der Waals surface area contributed by atoms with Crippen LogP contribution in [0, 0.1) is 0 Å². The molecular formula is C24H20BrN3O3. The number of ether oxygens (including phenoxy) is 2. The second-order valence-electron chi connectivity index (χ2n) is 6.79. The Morgan fingerprint density at radius 1 is 1.00 bits per heavy atom. The molecule has 0 aliphatic carbocycles. The van der Waals surface area contributed by atoms with E-state index in [-0.39, 0.29) is 5.91 Å². The lowest BCUT2D eigenvalue weighted by Crippen LogP contribution is -2.23. The van der Waals surface area contributed by atoms with Gasteiger partial charge in [-0.1, -0.05) is 34.1 Å². The van der Waals surface area contributed by atoms with E-state index in [0.29, 0.717) is 23.6 Å². The van der Waals surface area contributed by atoms with Gasteiger partial charge in [-0.3, -0.25) is 9.78 Å². The summed E-state index contributed by atoms with van der Waals surface area (Å²) >= 11 is 3.54. The summed E-state index contributed by atoms with van der Waals surface area (Å²) in [5.74, 6) is 1.03. The smallest absolute Gasteiger partial charge is 0.252 e. The number of methoxy groups -OCH3 is 2. The number of halogens is 1. The number of carbonyl (C=O) groups is 1. The normalized spacial score (nSPS) is 10.7. The molecule has 0 bridgehead atoms. The fraction of sp³-hybridized carbons (Fsp3) is 0.125. The van der Waals surface area contributed by atoms with E-state index in [1.807, 2.05) is 54.6 Å². The van der Waals surface area contributed by atoms with Gasteiger partial charge in [-0.15, -0.1) is 0 Å². The van der Waals surface area contributed by atoms with E-state index >= 15 is 0 Å². The van der Waals surface area contributed by atoms with Gasteiger partial charge in [-0.25, -0.2) is 4.98 Å². The van der Waals surface area contributed by atoms with Crippen LogP contribution in [0.3, 0.4) is 0 Å². The predicted molar refractivity (Wildman–Crippen MR) is 123 cm³/mol. The van der Waals surface area contributed by atoms with Crippen LogP contribution in [0.5, 0.6) is 11.5 Å². The van der Waals surface area contributed by atoms with Crippen molar-refractivity contribution in [2.75, 3.05) is 14.2 Å². The Balaban J connectivity index is 1.67. The molecule has 6 nitrogen and oxygen atoms in total. The van der Waals surface area contributed by atoms with Crippen LogP contribution in [-0.4, -0.2) is 30.1 Å². The lowest BCUT2D eigenvalue weighted by Gasteiger charge is -2.14. The van der Waals surface area contributed by atoms with Gasteiger partial charge < -0.3 is 14.8 Å². The van der Waals surface area contributed by atoms with Crippen molar-refractivity contribution in [3.63, 3.8) is 0 Å². The van der Waals surface area contributed by atoms with Gasteiger partial charge in [0.15, 0.2) is 11.5 Å². The maximum atomic E-state index is 13.2. The van der Waals surface area contributed by atoms with Crippen LogP contribution in [-0.2, 0) is 6.54 Å². The Hall–Kier alpha value is -3.45. The first-order chi connectivity index (χ1) is 15.1. The first kappa shape index (κ1) is 20.8. The van der Waals surface area contributed by atoms with Crippen molar-refractivity contribution in [2.45, 2.75) is 6.54 Å². The van der Waals surface area contributed by atoms with Gasteiger partial charge in [0.25, 0.3) is 5.91 Å². The minimum atomic E-state index is -0.185. The zero-order valence-electron chi connectivity index (χ0n) is 17.1. The first-order valence-electron chi connectivity index (χ1n) is 9.59. The third-order valence-electron chi connectivity index (χ3n) is 4.93. The Bertz CT molecular complexity index is 1250. The molecule has 0 aliphatic rings. The number of carbonyl (C=O) groups excluding carboxylic acids is 1. The number of hydrogen-bond acceptors (Lipinski definition) is 5. The minimum absolute atomic E-state index is 0.185. The van der Waals surface area contributed by atoms with Crippen LogP contribution in [0.25, 0.3) is 22.2 Å². The molecule has 0 radical (unpaired) electrons. The lowest BCUT2D eigenvalue weighted by molar-refractivity contribution is 0.0952. The summed E-state index contributed by atoms with van der Waals surface area (Å²) in [4.78, 5) is 22.0. The highest BCUT2D eigenvalue weighted by atomic mass is 79.9.